The Hall–Kier alpha value is -4.12. The van der Waals surface area contributed by atoms with Crippen LogP contribution < -0.4 is 29.1 Å². The third-order valence-electron chi connectivity index (χ3n) is 6.97. The molecule has 0 saturated carbocycles. The van der Waals surface area contributed by atoms with E-state index in [-0.39, 0.29) is 17.7 Å². The second kappa shape index (κ2) is 13.3. The highest BCUT2D eigenvalue weighted by atomic mass is 127. The summed E-state index contributed by atoms with van der Waals surface area (Å²) in [7, 11) is 4.33. The summed E-state index contributed by atoms with van der Waals surface area (Å²) < 4.78 is 25.0. The van der Waals surface area contributed by atoms with Crippen molar-refractivity contribution in [1.29, 1.82) is 5.26 Å². The molecule has 9 nitrogen and oxygen atoms in total. The standard InChI is InChI=1S/C32H25ClIN3O6S/c1-17-27(31(39)42-4)28(22-14-21(33)9-10-24(22)40-2)37-30(38)26(44-32(37)36-17)13-18-11-23(34)29(25(12-18)41-3)43-16-20-8-6-5-7-19(20)15-35/h5-14,28H,16H2,1-4H3/b26-13-/t28-/m0/s1. The van der Waals surface area contributed by atoms with E-state index < -0.39 is 12.0 Å². The number of nitriles is 1. The predicted molar refractivity (Wildman–Crippen MR) is 175 cm³/mol. The molecule has 224 valence electrons. The summed E-state index contributed by atoms with van der Waals surface area (Å²) in [5.41, 5.74) is 2.80. The van der Waals surface area contributed by atoms with Crippen LogP contribution in [0.25, 0.3) is 6.08 Å². The molecule has 0 amide bonds. The third kappa shape index (κ3) is 5.97. The van der Waals surface area contributed by atoms with E-state index in [1.807, 2.05) is 18.2 Å². The van der Waals surface area contributed by atoms with Gasteiger partial charge < -0.3 is 18.9 Å². The number of ether oxygens (including phenoxy) is 4. The highest BCUT2D eigenvalue weighted by Crippen LogP contribution is 2.38. The summed E-state index contributed by atoms with van der Waals surface area (Å²) in [4.78, 5) is 32.0. The summed E-state index contributed by atoms with van der Waals surface area (Å²) in [6.07, 6.45) is 1.74. The summed E-state index contributed by atoms with van der Waals surface area (Å²) in [6.45, 7) is 1.89. The number of carbonyl (C=O) groups is 1. The molecule has 44 heavy (non-hydrogen) atoms. The second-order valence-corrected chi connectivity index (χ2v) is 12.2. The topological polar surface area (TPSA) is 112 Å². The first kappa shape index (κ1) is 31.3. The smallest absolute Gasteiger partial charge is 0.338 e. The largest absolute Gasteiger partial charge is 0.496 e. The number of allylic oxidation sites excluding steroid dienone is 1. The van der Waals surface area contributed by atoms with Crippen molar-refractivity contribution in [3.8, 4) is 23.3 Å². The van der Waals surface area contributed by atoms with Crippen molar-refractivity contribution in [2.75, 3.05) is 21.3 Å². The summed E-state index contributed by atoms with van der Waals surface area (Å²) in [5.74, 6) is 0.832. The summed E-state index contributed by atoms with van der Waals surface area (Å²) in [5, 5.41) is 9.83. The SMILES string of the molecule is COC(=O)C1=C(C)N=c2s/c(=C\c3cc(I)c(OCc4ccccc4C#N)c(OC)c3)c(=O)n2[C@H]1c1cc(Cl)ccc1OC. The maximum atomic E-state index is 14.0. The Morgan fingerprint density at radius 3 is 2.59 bits per heavy atom. The monoisotopic (exact) mass is 741 g/mol. The van der Waals surface area contributed by atoms with E-state index in [4.69, 9.17) is 30.5 Å². The van der Waals surface area contributed by atoms with Gasteiger partial charge in [-0.05, 0) is 77.6 Å². The molecule has 4 aromatic rings. The number of nitrogens with zero attached hydrogens (tertiary/aromatic N) is 3. The van der Waals surface area contributed by atoms with E-state index in [1.54, 1.807) is 49.4 Å². The summed E-state index contributed by atoms with van der Waals surface area (Å²) in [6, 6.07) is 17.2. The first-order chi connectivity index (χ1) is 21.2. The van der Waals surface area contributed by atoms with Crippen molar-refractivity contribution in [3.05, 3.63) is 116 Å². The fourth-order valence-electron chi connectivity index (χ4n) is 4.93. The number of benzene rings is 3. The minimum atomic E-state index is -0.878. The van der Waals surface area contributed by atoms with Gasteiger partial charge in [0.25, 0.3) is 5.56 Å². The van der Waals surface area contributed by atoms with Gasteiger partial charge in [-0.25, -0.2) is 9.79 Å². The molecule has 0 fully saturated rings. The summed E-state index contributed by atoms with van der Waals surface area (Å²) >= 11 is 9.70. The van der Waals surface area contributed by atoms with Gasteiger partial charge >= 0.3 is 5.97 Å². The number of halogens is 2. The third-order valence-corrected chi connectivity index (χ3v) is 8.99. The van der Waals surface area contributed by atoms with Crippen molar-refractivity contribution < 1.29 is 23.7 Å². The maximum Gasteiger partial charge on any atom is 0.338 e. The molecule has 0 aliphatic carbocycles. The molecule has 1 aliphatic rings. The molecule has 0 bridgehead atoms. The van der Waals surface area contributed by atoms with Crippen LogP contribution in [0.2, 0.25) is 5.02 Å². The molecule has 1 atom stereocenters. The lowest BCUT2D eigenvalue weighted by Crippen LogP contribution is -2.40. The van der Waals surface area contributed by atoms with Gasteiger partial charge in [-0.3, -0.25) is 9.36 Å². The first-order valence-electron chi connectivity index (χ1n) is 13.1. The molecule has 0 unspecified atom stereocenters. The molecule has 3 aromatic carbocycles. The second-order valence-electron chi connectivity index (χ2n) is 9.55. The Morgan fingerprint density at radius 2 is 1.89 bits per heavy atom. The van der Waals surface area contributed by atoms with Crippen LogP contribution in [0, 0.1) is 14.9 Å². The first-order valence-corrected chi connectivity index (χ1v) is 15.4. The number of thiazole rings is 1. The van der Waals surface area contributed by atoms with Crippen LogP contribution in [0.15, 0.2) is 75.7 Å². The van der Waals surface area contributed by atoms with E-state index in [2.05, 4.69) is 33.7 Å². The fraction of sp³-hybridized carbons (Fsp3) is 0.188. The Kier molecular flexibility index (Phi) is 9.43. The minimum absolute atomic E-state index is 0.183. The minimum Gasteiger partial charge on any atom is -0.496 e. The molecule has 0 N–H and O–H groups in total. The fourth-order valence-corrected chi connectivity index (χ4v) is 6.93. The average molecular weight is 742 g/mol. The van der Waals surface area contributed by atoms with Gasteiger partial charge in [0, 0.05) is 16.1 Å². The zero-order chi connectivity index (χ0) is 31.5. The molecule has 2 heterocycles. The molecule has 0 saturated heterocycles. The Bertz CT molecular complexity index is 2050. The Morgan fingerprint density at radius 1 is 1.14 bits per heavy atom. The molecule has 0 spiro atoms. The van der Waals surface area contributed by atoms with Crippen molar-refractivity contribution in [2.45, 2.75) is 19.6 Å². The van der Waals surface area contributed by atoms with Gasteiger partial charge in [0.1, 0.15) is 18.4 Å². The lowest BCUT2D eigenvalue weighted by Gasteiger charge is -2.25. The highest BCUT2D eigenvalue weighted by molar-refractivity contribution is 14.1. The van der Waals surface area contributed by atoms with E-state index in [1.165, 1.54) is 37.2 Å². The Labute approximate surface area is 275 Å². The quantitative estimate of drug-likeness (QED) is 0.182. The van der Waals surface area contributed by atoms with E-state index in [9.17, 15) is 14.9 Å². The van der Waals surface area contributed by atoms with E-state index in [0.717, 1.165) is 9.13 Å². The van der Waals surface area contributed by atoms with Crippen LogP contribution >= 0.6 is 45.5 Å². The lowest BCUT2D eigenvalue weighted by atomic mass is 9.95. The number of rotatable bonds is 8. The molecular weight excluding hydrogens is 717 g/mol. The van der Waals surface area contributed by atoms with Crippen LogP contribution in [-0.4, -0.2) is 31.9 Å². The van der Waals surface area contributed by atoms with Gasteiger partial charge in [0.05, 0.1) is 52.3 Å². The van der Waals surface area contributed by atoms with Gasteiger partial charge in [0.15, 0.2) is 16.3 Å². The van der Waals surface area contributed by atoms with Crippen LogP contribution in [-0.2, 0) is 16.1 Å². The number of methoxy groups -OCH3 is 3. The maximum absolute atomic E-state index is 14.0. The number of carbonyl (C=O) groups excluding carboxylic acids is 1. The van der Waals surface area contributed by atoms with Crippen molar-refractivity contribution in [2.24, 2.45) is 4.99 Å². The van der Waals surface area contributed by atoms with Crippen molar-refractivity contribution in [3.63, 3.8) is 0 Å². The predicted octanol–water partition coefficient (Wildman–Crippen LogP) is 5.13. The molecule has 12 heteroatoms. The van der Waals surface area contributed by atoms with Gasteiger partial charge in [-0.15, -0.1) is 0 Å². The highest BCUT2D eigenvalue weighted by Gasteiger charge is 2.35. The molecule has 5 rings (SSSR count). The van der Waals surface area contributed by atoms with Gasteiger partial charge in [0.2, 0.25) is 0 Å². The number of hydrogen-bond acceptors (Lipinski definition) is 9. The molecule has 1 aliphatic heterocycles. The lowest BCUT2D eigenvalue weighted by molar-refractivity contribution is -0.136. The van der Waals surface area contributed by atoms with Crippen LogP contribution in [0.1, 0.15) is 35.2 Å². The van der Waals surface area contributed by atoms with E-state index >= 15 is 0 Å². The van der Waals surface area contributed by atoms with Crippen LogP contribution in [0.4, 0.5) is 0 Å². The Balaban J connectivity index is 1.61. The normalized spacial score (nSPS) is 14.4. The van der Waals surface area contributed by atoms with Crippen LogP contribution in [0.5, 0.6) is 17.2 Å². The van der Waals surface area contributed by atoms with Gasteiger partial charge in [-0.1, -0.05) is 41.1 Å². The number of aromatic nitrogens is 1. The zero-order valence-electron chi connectivity index (χ0n) is 24.0. The van der Waals surface area contributed by atoms with Crippen molar-refractivity contribution in [1.82, 2.24) is 4.57 Å². The number of hydrogen-bond donors (Lipinski definition) is 0. The van der Waals surface area contributed by atoms with Gasteiger partial charge in [-0.2, -0.15) is 5.26 Å². The molecular formula is C32H25ClIN3O6S. The zero-order valence-corrected chi connectivity index (χ0v) is 27.7. The number of fused-ring (bicyclic) bond motifs is 1. The van der Waals surface area contributed by atoms with Crippen LogP contribution in [0.3, 0.4) is 0 Å². The van der Waals surface area contributed by atoms with Crippen molar-refractivity contribution >= 4 is 57.6 Å². The molecule has 1 aromatic heterocycles. The average Bonchev–Trinajstić information content (AvgIpc) is 3.32. The van der Waals surface area contributed by atoms with E-state index in [0.29, 0.717) is 54.0 Å². The number of esters is 1. The molecule has 0 radical (unpaired) electrons.